The second-order valence-corrected chi connectivity index (χ2v) is 8.52. The van der Waals surface area contributed by atoms with Gasteiger partial charge in [-0.2, -0.15) is 0 Å². The van der Waals surface area contributed by atoms with E-state index in [9.17, 15) is 18.3 Å². The zero-order valence-corrected chi connectivity index (χ0v) is 16.1. The highest BCUT2D eigenvalue weighted by atomic mass is 35.5. The van der Waals surface area contributed by atoms with Gasteiger partial charge in [0.05, 0.1) is 11.0 Å². The number of rotatable bonds is 7. The highest BCUT2D eigenvalue weighted by Gasteiger charge is 2.17. The number of halogens is 1. The third kappa shape index (κ3) is 5.04. The van der Waals surface area contributed by atoms with Gasteiger partial charge in [0.2, 0.25) is 10.0 Å². The van der Waals surface area contributed by atoms with Crippen molar-refractivity contribution < 1.29 is 18.3 Å². The summed E-state index contributed by atoms with van der Waals surface area (Å²) < 4.78 is 25.1. The van der Waals surface area contributed by atoms with Gasteiger partial charge in [-0.25, -0.2) is 12.7 Å². The van der Waals surface area contributed by atoms with Gasteiger partial charge in [-0.3, -0.25) is 4.79 Å². The van der Waals surface area contributed by atoms with E-state index < -0.39 is 16.1 Å². The Bertz CT molecular complexity index is 867. The van der Waals surface area contributed by atoms with Crippen LogP contribution in [0.5, 0.6) is 0 Å². The molecule has 0 saturated carbocycles. The molecule has 0 heterocycles. The molecule has 2 rings (SSSR count). The number of amides is 1. The molecule has 2 aromatic rings. The predicted molar refractivity (Wildman–Crippen MR) is 101 cm³/mol. The van der Waals surface area contributed by atoms with Crippen molar-refractivity contribution in [2.24, 2.45) is 0 Å². The molecule has 0 aromatic heterocycles. The molecule has 0 spiro atoms. The van der Waals surface area contributed by atoms with Gasteiger partial charge < -0.3 is 10.4 Å². The maximum Gasteiger partial charge on any atom is 0.251 e. The van der Waals surface area contributed by atoms with Crippen molar-refractivity contribution in [2.45, 2.75) is 17.4 Å². The average molecular weight is 397 g/mol. The fourth-order valence-electron chi connectivity index (χ4n) is 2.29. The Morgan fingerprint density at radius 3 is 2.42 bits per heavy atom. The lowest BCUT2D eigenvalue weighted by atomic mass is 10.1. The first-order valence-corrected chi connectivity index (χ1v) is 9.78. The smallest absolute Gasteiger partial charge is 0.251 e. The van der Waals surface area contributed by atoms with Crippen LogP contribution in [-0.4, -0.2) is 44.4 Å². The van der Waals surface area contributed by atoms with Gasteiger partial charge in [0, 0.05) is 31.2 Å². The van der Waals surface area contributed by atoms with Crippen molar-refractivity contribution >= 4 is 27.5 Å². The second kappa shape index (κ2) is 8.64. The van der Waals surface area contributed by atoms with Crippen molar-refractivity contribution in [1.29, 1.82) is 0 Å². The van der Waals surface area contributed by atoms with Crippen molar-refractivity contribution in [3.8, 4) is 0 Å². The van der Waals surface area contributed by atoms with Crippen molar-refractivity contribution in [2.75, 3.05) is 20.6 Å². The molecule has 2 N–H and O–H groups in total. The molecule has 0 aliphatic rings. The number of hydrogen-bond donors (Lipinski definition) is 2. The summed E-state index contributed by atoms with van der Waals surface area (Å²) in [6, 6.07) is 12.6. The SMILES string of the molecule is CN(C)S(=O)(=O)c1ccc(C(=O)NCC[C@@H](O)c2cccc(Cl)c2)cc1. The molecule has 0 aliphatic carbocycles. The van der Waals surface area contributed by atoms with Gasteiger partial charge in [0.25, 0.3) is 5.91 Å². The fourth-order valence-corrected chi connectivity index (χ4v) is 3.39. The summed E-state index contributed by atoms with van der Waals surface area (Å²) in [5.41, 5.74) is 1.03. The van der Waals surface area contributed by atoms with Crippen LogP contribution in [0.1, 0.15) is 28.4 Å². The van der Waals surface area contributed by atoms with Gasteiger partial charge in [0.15, 0.2) is 0 Å². The zero-order chi connectivity index (χ0) is 19.3. The Kier molecular flexibility index (Phi) is 6.77. The summed E-state index contributed by atoms with van der Waals surface area (Å²) >= 11 is 5.89. The summed E-state index contributed by atoms with van der Waals surface area (Å²) in [6.07, 6.45) is -0.402. The van der Waals surface area contributed by atoms with Crippen LogP contribution in [0.2, 0.25) is 5.02 Å². The van der Waals surface area contributed by atoms with Gasteiger partial charge in [-0.05, 0) is 48.4 Å². The first-order chi connectivity index (χ1) is 12.2. The van der Waals surface area contributed by atoms with Crippen molar-refractivity contribution in [3.05, 3.63) is 64.7 Å². The van der Waals surface area contributed by atoms with Gasteiger partial charge in [-0.15, -0.1) is 0 Å². The Balaban J connectivity index is 1.92. The first kappa shape index (κ1) is 20.4. The van der Waals surface area contributed by atoms with E-state index in [1.54, 1.807) is 24.3 Å². The van der Waals surface area contributed by atoms with Gasteiger partial charge in [0.1, 0.15) is 0 Å². The standard InChI is InChI=1S/C18H21ClN2O4S/c1-21(2)26(24,25)16-8-6-13(7-9-16)18(23)20-11-10-17(22)14-4-3-5-15(19)12-14/h3-9,12,17,22H,10-11H2,1-2H3,(H,20,23)/t17-/m1/s1. The fraction of sp³-hybridized carbons (Fsp3) is 0.278. The molecule has 0 aliphatic heterocycles. The van der Waals surface area contributed by atoms with E-state index in [-0.39, 0.29) is 17.3 Å². The van der Waals surface area contributed by atoms with Crippen molar-refractivity contribution in [3.63, 3.8) is 0 Å². The zero-order valence-electron chi connectivity index (χ0n) is 14.5. The number of aliphatic hydroxyl groups is 1. The van der Waals surface area contributed by atoms with E-state index in [1.807, 2.05) is 0 Å². The molecular formula is C18H21ClN2O4S. The number of benzene rings is 2. The van der Waals surface area contributed by atoms with Crippen LogP contribution in [0.4, 0.5) is 0 Å². The molecule has 0 fully saturated rings. The Hall–Kier alpha value is -1.93. The molecule has 6 nitrogen and oxygen atoms in total. The predicted octanol–water partition coefficient (Wildman–Crippen LogP) is 2.44. The topological polar surface area (TPSA) is 86.7 Å². The van der Waals surface area contributed by atoms with E-state index in [4.69, 9.17) is 11.6 Å². The minimum Gasteiger partial charge on any atom is -0.388 e. The summed E-state index contributed by atoms with van der Waals surface area (Å²) in [6.45, 7) is 0.268. The van der Waals surface area contributed by atoms with Crippen LogP contribution >= 0.6 is 11.6 Å². The second-order valence-electron chi connectivity index (χ2n) is 5.93. The average Bonchev–Trinajstić information content (AvgIpc) is 2.61. The summed E-state index contributed by atoms with van der Waals surface area (Å²) in [5.74, 6) is -0.336. The van der Waals surface area contributed by atoms with Crippen LogP contribution in [0.15, 0.2) is 53.4 Å². The normalized spacial score (nSPS) is 12.8. The lowest BCUT2D eigenvalue weighted by molar-refractivity contribution is 0.0942. The van der Waals surface area contributed by atoms with Crippen LogP contribution in [0.25, 0.3) is 0 Å². The molecule has 0 bridgehead atoms. The van der Waals surface area contributed by atoms with E-state index in [1.165, 1.54) is 38.4 Å². The summed E-state index contributed by atoms with van der Waals surface area (Å²) in [7, 11) is -0.633. The molecule has 140 valence electrons. The number of carbonyl (C=O) groups is 1. The Morgan fingerprint density at radius 2 is 1.85 bits per heavy atom. The quantitative estimate of drug-likeness (QED) is 0.752. The minimum atomic E-state index is -3.52. The van der Waals surface area contributed by atoms with Crippen LogP contribution in [0, 0.1) is 0 Å². The monoisotopic (exact) mass is 396 g/mol. The van der Waals surface area contributed by atoms with Crippen LogP contribution < -0.4 is 5.32 Å². The molecule has 2 aromatic carbocycles. The first-order valence-electron chi connectivity index (χ1n) is 7.96. The largest absolute Gasteiger partial charge is 0.388 e. The van der Waals surface area contributed by atoms with Gasteiger partial charge >= 0.3 is 0 Å². The Morgan fingerprint density at radius 1 is 1.19 bits per heavy atom. The van der Waals surface area contributed by atoms with E-state index in [0.717, 1.165) is 4.31 Å². The number of aliphatic hydroxyl groups excluding tert-OH is 1. The number of nitrogens with one attached hydrogen (secondary N) is 1. The van der Waals surface area contributed by atoms with E-state index >= 15 is 0 Å². The van der Waals surface area contributed by atoms with E-state index in [0.29, 0.717) is 22.6 Å². The highest BCUT2D eigenvalue weighted by molar-refractivity contribution is 7.89. The minimum absolute atomic E-state index is 0.121. The Labute approximate surface area is 158 Å². The van der Waals surface area contributed by atoms with Crippen molar-refractivity contribution in [1.82, 2.24) is 9.62 Å². The lowest BCUT2D eigenvalue weighted by Gasteiger charge is -2.13. The number of nitrogens with zero attached hydrogens (tertiary/aromatic N) is 1. The van der Waals surface area contributed by atoms with E-state index in [2.05, 4.69) is 5.32 Å². The maximum absolute atomic E-state index is 12.1. The summed E-state index contributed by atoms with van der Waals surface area (Å²) in [5, 5.41) is 13.4. The molecule has 0 saturated heterocycles. The maximum atomic E-state index is 12.1. The van der Waals surface area contributed by atoms with Crippen LogP contribution in [0.3, 0.4) is 0 Å². The number of sulfonamides is 1. The molecule has 1 amide bonds. The molecule has 1 atom stereocenters. The third-order valence-corrected chi connectivity index (χ3v) is 5.90. The molecule has 0 radical (unpaired) electrons. The third-order valence-electron chi connectivity index (χ3n) is 3.83. The molecule has 0 unspecified atom stereocenters. The van der Waals surface area contributed by atoms with Crippen LogP contribution in [-0.2, 0) is 10.0 Å². The number of carbonyl (C=O) groups excluding carboxylic acids is 1. The molecule has 8 heteroatoms. The summed E-state index contributed by atoms with van der Waals surface area (Å²) in [4.78, 5) is 12.3. The molecular weight excluding hydrogens is 376 g/mol. The highest BCUT2D eigenvalue weighted by Crippen LogP contribution is 2.20. The lowest BCUT2D eigenvalue weighted by Crippen LogP contribution is -2.26. The molecule has 26 heavy (non-hydrogen) atoms. The number of hydrogen-bond acceptors (Lipinski definition) is 4. The van der Waals surface area contributed by atoms with Gasteiger partial charge in [-0.1, -0.05) is 23.7 Å².